The summed E-state index contributed by atoms with van der Waals surface area (Å²) in [7, 11) is 0.424. The lowest BCUT2D eigenvalue weighted by Gasteiger charge is -2.41. The largest absolute Gasteiger partial charge is 0.377 e. The summed E-state index contributed by atoms with van der Waals surface area (Å²) in [6.45, 7) is 3.94. The van der Waals surface area contributed by atoms with Crippen LogP contribution in [0.3, 0.4) is 0 Å². The fourth-order valence-corrected chi connectivity index (χ4v) is 5.05. The smallest absolute Gasteiger partial charge is 0.243 e. The third kappa shape index (κ3) is 3.12. The van der Waals surface area contributed by atoms with Crippen LogP contribution in [0.4, 0.5) is 5.69 Å². The van der Waals surface area contributed by atoms with Crippen LogP contribution in [0, 0.1) is 6.92 Å². The number of rotatable bonds is 3. The maximum absolute atomic E-state index is 13.0. The molecule has 0 N–H and O–H groups in total. The fourth-order valence-electron chi connectivity index (χ4n) is 3.55. The van der Waals surface area contributed by atoms with Crippen molar-refractivity contribution >= 4 is 15.7 Å². The number of nitrogens with zero attached hydrogens (tertiary/aromatic N) is 2. The second kappa shape index (κ2) is 6.07. The van der Waals surface area contributed by atoms with Crippen molar-refractivity contribution in [3.05, 3.63) is 23.8 Å². The van der Waals surface area contributed by atoms with Gasteiger partial charge in [0.25, 0.3) is 0 Å². The standard InChI is InChI=1S/C17H26N2O3S/c1-14-5-6-15(13-16(14)18(2)3)23(20,21)19-10-4-7-17(8-11-19)9-12-22-17/h5-6,13H,4,7-12H2,1-3H3. The van der Waals surface area contributed by atoms with E-state index >= 15 is 0 Å². The molecule has 3 rings (SSSR count). The van der Waals surface area contributed by atoms with Crippen LogP contribution in [0.2, 0.25) is 0 Å². The molecule has 1 unspecified atom stereocenters. The van der Waals surface area contributed by atoms with E-state index in [9.17, 15) is 8.42 Å². The van der Waals surface area contributed by atoms with Crippen LogP contribution in [-0.2, 0) is 14.8 Å². The molecule has 2 saturated heterocycles. The second-order valence-electron chi connectivity index (χ2n) is 6.88. The van der Waals surface area contributed by atoms with E-state index in [1.807, 2.05) is 32.0 Å². The number of hydrogen-bond donors (Lipinski definition) is 0. The Morgan fingerprint density at radius 3 is 2.52 bits per heavy atom. The zero-order chi connectivity index (χ0) is 16.7. The van der Waals surface area contributed by atoms with E-state index in [4.69, 9.17) is 4.74 Å². The predicted octanol–water partition coefficient (Wildman–Crippen LogP) is 2.39. The van der Waals surface area contributed by atoms with Gasteiger partial charge in [0, 0.05) is 32.9 Å². The van der Waals surface area contributed by atoms with Gasteiger partial charge in [0.2, 0.25) is 10.0 Å². The van der Waals surface area contributed by atoms with E-state index in [2.05, 4.69) is 0 Å². The Bertz CT molecular complexity index is 681. The first-order valence-corrected chi connectivity index (χ1v) is 9.70. The number of benzene rings is 1. The van der Waals surface area contributed by atoms with Gasteiger partial charge in [-0.1, -0.05) is 6.07 Å². The van der Waals surface area contributed by atoms with E-state index in [0.29, 0.717) is 18.0 Å². The molecule has 0 aliphatic carbocycles. The number of anilines is 1. The van der Waals surface area contributed by atoms with Gasteiger partial charge in [0.05, 0.1) is 17.1 Å². The van der Waals surface area contributed by atoms with Gasteiger partial charge in [0.15, 0.2) is 0 Å². The van der Waals surface area contributed by atoms with E-state index in [1.165, 1.54) is 0 Å². The molecule has 1 aromatic carbocycles. The molecule has 5 nitrogen and oxygen atoms in total. The molecular weight excluding hydrogens is 312 g/mol. The Balaban J connectivity index is 1.85. The van der Waals surface area contributed by atoms with Gasteiger partial charge in [-0.3, -0.25) is 0 Å². The van der Waals surface area contributed by atoms with E-state index < -0.39 is 10.0 Å². The zero-order valence-corrected chi connectivity index (χ0v) is 15.0. The van der Waals surface area contributed by atoms with E-state index in [0.717, 1.165) is 43.5 Å². The van der Waals surface area contributed by atoms with Crippen molar-refractivity contribution in [1.82, 2.24) is 4.31 Å². The average Bonchev–Trinajstić information content (AvgIpc) is 2.70. The molecule has 0 amide bonds. The molecule has 1 atom stereocenters. The summed E-state index contributed by atoms with van der Waals surface area (Å²) in [6.07, 6.45) is 3.70. The third-order valence-corrected chi connectivity index (χ3v) is 7.02. The van der Waals surface area contributed by atoms with Crippen LogP contribution in [-0.4, -0.2) is 52.1 Å². The van der Waals surface area contributed by atoms with Crippen molar-refractivity contribution in [2.45, 2.75) is 43.1 Å². The molecule has 0 radical (unpaired) electrons. The van der Waals surface area contributed by atoms with E-state index in [1.54, 1.807) is 16.4 Å². The molecule has 0 saturated carbocycles. The number of ether oxygens (including phenoxy) is 1. The molecule has 2 heterocycles. The van der Waals surface area contributed by atoms with Gasteiger partial charge in [0.1, 0.15) is 0 Å². The summed E-state index contributed by atoms with van der Waals surface area (Å²) < 4.78 is 33.4. The number of aryl methyl sites for hydroxylation is 1. The zero-order valence-electron chi connectivity index (χ0n) is 14.2. The van der Waals surface area contributed by atoms with Crippen molar-refractivity contribution in [3.8, 4) is 0 Å². The Morgan fingerprint density at radius 2 is 1.91 bits per heavy atom. The molecule has 2 aliphatic heterocycles. The molecule has 23 heavy (non-hydrogen) atoms. The quantitative estimate of drug-likeness (QED) is 0.849. The van der Waals surface area contributed by atoms with Gasteiger partial charge in [-0.2, -0.15) is 4.31 Å². The predicted molar refractivity (Wildman–Crippen MR) is 91.4 cm³/mol. The Labute approximate surface area is 139 Å². The summed E-state index contributed by atoms with van der Waals surface area (Å²) >= 11 is 0. The van der Waals surface area contributed by atoms with Gasteiger partial charge in [-0.15, -0.1) is 0 Å². The second-order valence-corrected chi connectivity index (χ2v) is 8.82. The lowest BCUT2D eigenvalue weighted by molar-refractivity contribution is -0.153. The highest BCUT2D eigenvalue weighted by atomic mass is 32.2. The SMILES string of the molecule is Cc1ccc(S(=O)(=O)N2CCCC3(CCO3)CC2)cc1N(C)C. The van der Waals surface area contributed by atoms with Crippen LogP contribution in [0.25, 0.3) is 0 Å². The summed E-state index contributed by atoms with van der Waals surface area (Å²) in [6, 6.07) is 5.39. The van der Waals surface area contributed by atoms with Crippen LogP contribution >= 0.6 is 0 Å². The van der Waals surface area contributed by atoms with Crippen molar-refractivity contribution in [2.24, 2.45) is 0 Å². The molecule has 2 aliphatic rings. The summed E-state index contributed by atoms with van der Waals surface area (Å²) in [4.78, 5) is 2.34. The third-order valence-electron chi connectivity index (χ3n) is 5.12. The van der Waals surface area contributed by atoms with Crippen LogP contribution in [0.15, 0.2) is 23.1 Å². The van der Waals surface area contributed by atoms with Crippen LogP contribution < -0.4 is 4.90 Å². The molecule has 0 bridgehead atoms. The van der Waals surface area contributed by atoms with Crippen molar-refractivity contribution in [2.75, 3.05) is 38.7 Å². The van der Waals surface area contributed by atoms with Gasteiger partial charge in [-0.05, 0) is 50.3 Å². The topological polar surface area (TPSA) is 49.9 Å². The normalized spacial score (nSPS) is 25.9. The maximum atomic E-state index is 13.0. The Morgan fingerprint density at radius 1 is 1.17 bits per heavy atom. The Hall–Kier alpha value is -1.11. The summed E-state index contributed by atoms with van der Waals surface area (Å²) in [5.74, 6) is 0. The highest BCUT2D eigenvalue weighted by molar-refractivity contribution is 7.89. The lowest BCUT2D eigenvalue weighted by atomic mass is 9.87. The average molecular weight is 338 g/mol. The van der Waals surface area contributed by atoms with Gasteiger partial charge >= 0.3 is 0 Å². The maximum Gasteiger partial charge on any atom is 0.243 e. The van der Waals surface area contributed by atoms with Gasteiger partial charge < -0.3 is 9.64 Å². The first kappa shape index (κ1) is 16.7. The molecule has 1 spiro atoms. The van der Waals surface area contributed by atoms with Crippen molar-refractivity contribution < 1.29 is 13.2 Å². The van der Waals surface area contributed by atoms with Gasteiger partial charge in [-0.25, -0.2) is 8.42 Å². The minimum absolute atomic E-state index is 0.0493. The fraction of sp³-hybridized carbons (Fsp3) is 0.647. The summed E-state index contributed by atoms with van der Waals surface area (Å²) in [5, 5.41) is 0. The molecule has 1 aromatic rings. The summed E-state index contributed by atoms with van der Waals surface area (Å²) in [5.41, 5.74) is 1.97. The minimum Gasteiger partial charge on any atom is -0.377 e. The first-order chi connectivity index (χ1) is 10.8. The molecule has 6 heteroatoms. The van der Waals surface area contributed by atoms with E-state index in [-0.39, 0.29) is 5.60 Å². The minimum atomic E-state index is -3.44. The highest BCUT2D eigenvalue weighted by Crippen LogP contribution is 2.37. The molecular formula is C17H26N2O3S. The highest BCUT2D eigenvalue weighted by Gasteiger charge is 2.41. The monoisotopic (exact) mass is 338 g/mol. The first-order valence-electron chi connectivity index (χ1n) is 8.26. The molecule has 128 valence electrons. The van der Waals surface area contributed by atoms with Crippen LogP contribution in [0.1, 0.15) is 31.2 Å². The lowest BCUT2D eigenvalue weighted by Crippen LogP contribution is -2.44. The Kier molecular flexibility index (Phi) is 4.42. The van der Waals surface area contributed by atoms with Crippen molar-refractivity contribution in [1.29, 1.82) is 0 Å². The molecule has 0 aromatic heterocycles. The molecule has 2 fully saturated rings. The van der Waals surface area contributed by atoms with Crippen LogP contribution in [0.5, 0.6) is 0 Å². The number of sulfonamides is 1. The van der Waals surface area contributed by atoms with Crippen molar-refractivity contribution in [3.63, 3.8) is 0 Å². The number of hydrogen-bond acceptors (Lipinski definition) is 4.